The van der Waals surface area contributed by atoms with Crippen molar-refractivity contribution in [2.45, 2.75) is 6.92 Å². The van der Waals surface area contributed by atoms with Gasteiger partial charge in [0.15, 0.2) is 0 Å². The van der Waals surface area contributed by atoms with Crippen LogP contribution in [0.4, 0.5) is 11.4 Å². The summed E-state index contributed by atoms with van der Waals surface area (Å²) in [6.45, 7) is 1.44. The largest absolute Gasteiger partial charge is 0.326 e. The Kier molecular flexibility index (Phi) is 2.53. The number of anilines is 1. The number of amides is 1. The average Bonchev–Trinajstić information content (AvgIpc) is 2.03. The van der Waals surface area contributed by atoms with Gasteiger partial charge in [0, 0.05) is 12.6 Å². The lowest BCUT2D eigenvalue weighted by atomic mass is 10.3. The molecule has 62 valence electrons. The monoisotopic (exact) mass is 163 g/mol. The number of benzene rings is 1. The molecule has 0 heterocycles. The Hall–Kier alpha value is -1.71. The van der Waals surface area contributed by atoms with Crippen LogP contribution >= 0.6 is 0 Å². The molecular weight excluding hydrogens is 154 g/mol. The van der Waals surface area contributed by atoms with Crippen molar-refractivity contribution in [3.63, 3.8) is 0 Å². The minimum Gasteiger partial charge on any atom is -0.326 e. The zero-order valence-electron chi connectivity index (χ0n) is 6.66. The van der Waals surface area contributed by atoms with Gasteiger partial charge in [0.05, 0.1) is 5.69 Å². The molecule has 1 rings (SSSR count). The fraction of sp³-hybridized carbons (Fsp3) is 0.125. The Bertz CT molecular complexity index is 309. The number of carbonyl (C=O) groups excluding carboxylic acids is 1. The molecule has 0 aromatic heterocycles. The second-order valence-electron chi connectivity index (χ2n) is 2.34. The lowest BCUT2D eigenvalue weighted by Crippen LogP contribution is -2.04. The van der Waals surface area contributed by atoms with Crippen molar-refractivity contribution < 1.29 is 4.79 Å². The van der Waals surface area contributed by atoms with Crippen molar-refractivity contribution in [1.29, 1.82) is 5.53 Å². The third-order valence-corrected chi connectivity index (χ3v) is 1.30. The first-order valence-corrected chi connectivity index (χ1v) is 3.47. The third-order valence-electron chi connectivity index (χ3n) is 1.30. The molecular formula is C8H9N3O. The van der Waals surface area contributed by atoms with Crippen molar-refractivity contribution in [3.05, 3.63) is 24.3 Å². The molecule has 1 amide bonds. The molecule has 1 aromatic rings. The summed E-state index contributed by atoms with van der Waals surface area (Å²) < 4.78 is 0. The van der Waals surface area contributed by atoms with Crippen LogP contribution in [0.5, 0.6) is 0 Å². The Balaban J connectivity index is 2.86. The summed E-state index contributed by atoms with van der Waals surface area (Å²) in [5.41, 5.74) is 7.93. The molecule has 0 aliphatic heterocycles. The first-order chi connectivity index (χ1) is 5.72. The average molecular weight is 163 g/mol. The summed E-state index contributed by atoms with van der Waals surface area (Å²) in [4.78, 5) is 10.6. The Labute approximate surface area is 70.1 Å². The van der Waals surface area contributed by atoms with Crippen LogP contribution in [0, 0.1) is 5.53 Å². The summed E-state index contributed by atoms with van der Waals surface area (Å²) in [7, 11) is 0. The van der Waals surface area contributed by atoms with E-state index in [1.54, 1.807) is 24.3 Å². The van der Waals surface area contributed by atoms with Crippen LogP contribution in [0.3, 0.4) is 0 Å². The minimum absolute atomic E-state index is 0.128. The van der Waals surface area contributed by atoms with E-state index < -0.39 is 0 Å². The van der Waals surface area contributed by atoms with Crippen molar-refractivity contribution in [2.75, 3.05) is 5.32 Å². The number of hydrogen-bond acceptors (Lipinski definition) is 3. The van der Waals surface area contributed by atoms with E-state index >= 15 is 0 Å². The number of nitrogens with zero attached hydrogens (tertiary/aromatic N) is 1. The Morgan fingerprint density at radius 2 is 2.33 bits per heavy atom. The van der Waals surface area contributed by atoms with Crippen LogP contribution in [0.1, 0.15) is 6.92 Å². The normalized spacial score (nSPS) is 9.08. The highest BCUT2D eigenvalue weighted by Gasteiger charge is 1.95. The van der Waals surface area contributed by atoms with Crippen LogP contribution in [-0.4, -0.2) is 5.91 Å². The van der Waals surface area contributed by atoms with E-state index in [4.69, 9.17) is 5.53 Å². The summed E-state index contributed by atoms with van der Waals surface area (Å²) >= 11 is 0. The van der Waals surface area contributed by atoms with Gasteiger partial charge < -0.3 is 5.32 Å². The van der Waals surface area contributed by atoms with Crippen LogP contribution in [-0.2, 0) is 4.79 Å². The molecule has 0 saturated heterocycles. The fourth-order valence-electron chi connectivity index (χ4n) is 0.856. The summed E-state index contributed by atoms with van der Waals surface area (Å²) in [5.74, 6) is -0.128. The first-order valence-electron chi connectivity index (χ1n) is 3.47. The Morgan fingerprint density at radius 1 is 1.58 bits per heavy atom. The first kappa shape index (κ1) is 8.39. The van der Waals surface area contributed by atoms with E-state index in [0.717, 1.165) is 0 Å². The summed E-state index contributed by atoms with van der Waals surface area (Å²) in [5, 5.41) is 5.83. The second-order valence-corrected chi connectivity index (χ2v) is 2.34. The van der Waals surface area contributed by atoms with E-state index in [9.17, 15) is 4.79 Å². The smallest absolute Gasteiger partial charge is 0.221 e. The topological polar surface area (TPSA) is 65.3 Å². The lowest BCUT2D eigenvalue weighted by Gasteiger charge is -2.00. The standard InChI is InChI=1S/C8H9N3O/c1-6(12)10-7-3-2-4-8(5-7)11-9/h2-5,9H,1H3,(H,10,12). The highest BCUT2D eigenvalue weighted by Crippen LogP contribution is 2.16. The second kappa shape index (κ2) is 3.61. The molecule has 0 bridgehead atoms. The van der Waals surface area contributed by atoms with Gasteiger partial charge in [0.2, 0.25) is 5.91 Å². The van der Waals surface area contributed by atoms with E-state index in [2.05, 4.69) is 10.4 Å². The van der Waals surface area contributed by atoms with E-state index in [1.807, 2.05) is 0 Å². The summed E-state index contributed by atoms with van der Waals surface area (Å²) in [6.07, 6.45) is 0. The number of carbonyl (C=O) groups is 1. The predicted molar refractivity (Wildman–Crippen MR) is 45.6 cm³/mol. The zero-order valence-corrected chi connectivity index (χ0v) is 6.66. The van der Waals surface area contributed by atoms with Gasteiger partial charge in [-0.15, -0.1) is 0 Å². The lowest BCUT2D eigenvalue weighted by molar-refractivity contribution is -0.114. The van der Waals surface area contributed by atoms with Crippen molar-refractivity contribution in [3.8, 4) is 0 Å². The van der Waals surface area contributed by atoms with E-state index in [0.29, 0.717) is 11.4 Å². The molecule has 0 aliphatic carbocycles. The van der Waals surface area contributed by atoms with Gasteiger partial charge in [0.25, 0.3) is 0 Å². The van der Waals surface area contributed by atoms with Gasteiger partial charge in [-0.05, 0) is 18.2 Å². The molecule has 0 fully saturated rings. The van der Waals surface area contributed by atoms with Crippen LogP contribution < -0.4 is 5.32 Å². The van der Waals surface area contributed by atoms with Crippen LogP contribution in [0.25, 0.3) is 0 Å². The molecule has 0 unspecified atom stereocenters. The van der Waals surface area contributed by atoms with Crippen LogP contribution in [0.2, 0.25) is 0 Å². The number of nitrogens with one attached hydrogen (secondary N) is 2. The van der Waals surface area contributed by atoms with Gasteiger partial charge in [0.1, 0.15) is 0 Å². The maximum absolute atomic E-state index is 10.6. The quantitative estimate of drug-likeness (QED) is 0.645. The molecule has 1 aromatic carbocycles. The zero-order chi connectivity index (χ0) is 8.97. The van der Waals surface area contributed by atoms with Gasteiger partial charge in [-0.25, -0.2) is 5.53 Å². The highest BCUT2D eigenvalue weighted by atomic mass is 16.1. The molecule has 0 radical (unpaired) electrons. The number of rotatable bonds is 2. The van der Waals surface area contributed by atoms with Gasteiger partial charge in [-0.2, -0.15) is 5.11 Å². The molecule has 4 heteroatoms. The molecule has 0 saturated carbocycles. The SMILES string of the molecule is CC(=O)Nc1cccc(N=N)c1. The molecule has 0 atom stereocenters. The molecule has 2 N–H and O–H groups in total. The van der Waals surface area contributed by atoms with E-state index in [1.165, 1.54) is 6.92 Å². The van der Waals surface area contributed by atoms with Gasteiger partial charge in [-0.3, -0.25) is 4.79 Å². The fourth-order valence-corrected chi connectivity index (χ4v) is 0.856. The van der Waals surface area contributed by atoms with Gasteiger partial charge in [-0.1, -0.05) is 6.07 Å². The molecule has 0 spiro atoms. The van der Waals surface area contributed by atoms with Crippen LogP contribution in [0.15, 0.2) is 29.4 Å². The van der Waals surface area contributed by atoms with Crippen molar-refractivity contribution >= 4 is 17.3 Å². The maximum atomic E-state index is 10.6. The molecule has 0 aliphatic rings. The minimum atomic E-state index is -0.128. The van der Waals surface area contributed by atoms with Gasteiger partial charge >= 0.3 is 0 Å². The molecule has 4 nitrogen and oxygen atoms in total. The van der Waals surface area contributed by atoms with Crippen molar-refractivity contribution in [2.24, 2.45) is 5.11 Å². The number of hydrogen-bond donors (Lipinski definition) is 2. The maximum Gasteiger partial charge on any atom is 0.221 e. The van der Waals surface area contributed by atoms with E-state index in [-0.39, 0.29) is 5.91 Å². The highest BCUT2D eigenvalue weighted by molar-refractivity contribution is 5.89. The third kappa shape index (κ3) is 2.16. The molecule has 12 heavy (non-hydrogen) atoms. The predicted octanol–water partition coefficient (Wildman–Crippen LogP) is 2.31. The van der Waals surface area contributed by atoms with Crippen molar-refractivity contribution in [1.82, 2.24) is 0 Å². The Morgan fingerprint density at radius 3 is 2.92 bits per heavy atom. The summed E-state index contributed by atoms with van der Waals surface area (Å²) in [6, 6.07) is 6.81.